The van der Waals surface area contributed by atoms with Crippen LogP contribution in [0.4, 0.5) is 0 Å². The smallest absolute Gasteiger partial charge is 0.306 e. The number of rotatable bonds is 6. The Morgan fingerprint density at radius 2 is 1.74 bits per heavy atom. The molecule has 10 atom stereocenters. The zero-order valence-electron chi connectivity index (χ0n) is 23.9. The largest absolute Gasteiger partial charge is 0.481 e. The Hall–Kier alpha value is -1.61. The summed E-state index contributed by atoms with van der Waals surface area (Å²) in [5.74, 6) is -2.87. The van der Waals surface area contributed by atoms with Crippen molar-refractivity contribution in [2.45, 2.75) is 117 Å². The van der Waals surface area contributed by atoms with Gasteiger partial charge in [0.1, 0.15) is 5.78 Å². The molecule has 3 unspecified atom stereocenters. The number of aliphatic hydroxyl groups excluding tert-OH is 3. The molecule has 0 heterocycles. The van der Waals surface area contributed by atoms with Gasteiger partial charge in [-0.3, -0.25) is 14.4 Å². The van der Waals surface area contributed by atoms with Crippen molar-refractivity contribution in [1.82, 2.24) is 0 Å². The predicted octanol–water partition coefficient (Wildman–Crippen LogP) is 3.04. The van der Waals surface area contributed by atoms with E-state index >= 15 is 0 Å². The standard InChI is InChI=1S/C30H46O8/c1-15(25(36)37)10-16(31)13-29(6,38)20-12-22(35)30(7)24-17(32)11-19-26(2,3)21(34)8-9-27(19,4)23(24)18(33)14-28(20,30)5/h15-17,19-21,31-32,34,38H,8-14H2,1-7H3,(H,36,37)/t15?,16?,17-,19-,20-,21-,27-,28+,29?,30-/m1/s1. The molecule has 0 aromatic rings. The second kappa shape index (κ2) is 8.95. The highest BCUT2D eigenvalue weighted by Crippen LogP contribution is 2.71. The summed E-state index contributed by atoms with van der Waals surface area (Å²) in [7, 11) is 0. The van der Waals surface area contributed by atoms with Crippen LogP contribution in [0.1, 0.15) is 93.4 Å². The molecule has 0 spiro atoms. The Balaban J connectivity index is 1.78. The molecule has 0 saturated heterocycles. The highest BCUT2D eigenvalue weighted by atomic mass is 16.4. The molecule has 5 N–H and O–H groups in total. The van der Waals surface area contributed by atoms with E-state index in [1.807, 2.05) is 34.6 Å². The van der Waals surface area contributed by atoms with Gasteiger partial charge in [0.15, 0.2) is 5.78 Å². The first-order chi connectivity index (χ1) is 17.2. The Kier molecular flexibility index (Phi) is 6.92. The Morgan fingerprint density at radius 1 is 1.13 bits per heavy atom. The minimum atomic E-state index is -1.54. The van der Waals surface area contributed by atoms with Crippen LogP contribution in [0.15, 0.2) is 11.1 Å². The summed E-state index contributed by atoms with van der Waals surface area (Å²) in [6, 6.07) is 0. The van der Waals surface area contributed by atoms with Crippen molar-refractivity contribution in [2.24, 2.45) is 39.4 Å². The van der Waals surface area contributed by atoms with Crippen molar-refractivity contribution in [1.29, 1.82) is 0 Å². The summed E-state index contributed by atoms with van der Waals surface area (Å²) in [5.41, 5.74) is -3.75. The summed E-state index contributed by atoms with van der Waals surface area (Å²) in [5, 5.41) is 54.0. The van der Waals surface area contributed by atoms with E-state index in [-0.39, 0.29) is 43.2 Å². The second-order valence-corrected chi connectivity index (χ2v) is 14.4. The van der Waals surface area contributed by atoms with E-state index in [0.717, 1.165) is 0 Å². The number of aliphatic carboxylic acids is 1. The molecule has 4 aliphatic rings. The van der Waals surface area contributed by atoms with Crippen molar-refractivity contribution in [3.63, 3.8) is 0 Å². The number of carboxylic acids is 1. The Labute approximate surface area is 225 Å². The second-order valence-electron chi connectivity index (χ2n) is 14.4. The molecule has 4 rings (SSSR count). The van der Waals surface area contributed by atoms with E-state index in [1.165, 1.54) is 6.92 Å². The van der Waals surface area contributed by atoms with Gasteiger partial charge in [0.05, 0.1) is 35.2 Å². The fourth-order valence-electron chi connectivity index (χ4n) is 9.35. The number of hydrogen-bond donors (Lipinski definition) is 5. The van der Waals surface area contributed by atoms with Gasteiger partial charge in [0, 0.05) is 30.8 Å². The van der Waals surface area contributed by atoms with Crippen molar-refractivity contribution in [3.05, 3.63) is 11.1 Å². The van der Waals surface area contributed by atoms with Gasteiger partial charge in [-0.25, -0.2) is 0 Å². The molecule has 0 radical (unpaired) electrons. The van der Waals surface area contributed by atoms with Gasteiger partial charge in [-0.15, -0.1) is 0 Å². The van der Waals surface area contributed by atoms with Gasteiger partial charge in [0.2, 0.25) is 0 Å². The molecule has 0 aromatic heterocycles. The minimum Gasteiger partial charge on any atom is -0.481 e. The molecule has 0 aliphatic heterocycles. The lowest BCUT2D eigenvalue weighted by atomic mass is 9.42. The van der Waals surface area contributed by atoms with Crippen LogP contribution in [0.3, 0.4) is 0 Å². The topological polar surface area (TPSA) is 152 Å². The zero-order valence-corrected chi connectivity index (χ0v) is 23.9. The zero-order chi connectivity index (χ0) is 28.8. The third-order valence-corrected chi connectivity index (χ3v) is 11.7. The molecular weight excluding hydrogens is 488 g/mol. The van der Waals surface area contributed by atoms with E-state index in [4.69, 9.17) is 0 Å². The highest BCUT2D eigenvalue weighted by Gasteiger charge is 2.71. The van der Waals surface area contributed by atoms with Crippen LogP contribution in [0.25, 0.3) is 0 Å². The maximum atomic E-state index is 14.1. The van der Waals surface area contributed by atoms with E-state index in [0.29, 0.717) is 30.4 Å². The van der Waals surface area contributed by atoms with Crippen LogP contribution in [0.5, 0.6) is 0 Å². The number of carbonyl (C=O) groups is 3. The van der Waals surface area contributed by atoms with Crippen molar-refractivity contribution >= 4 is 17.5 Å². The van der Waals surface area contributed by atoms with Gasteiger partial charge in [-0.2, -0.15) is 0 Å². The lowest BCUT2D eigenvalue weighted by Gasteiger charge is -2.62. The molecule has 8 nitrogen and oxygen atoms in total. The molecule has 0 aromatic carbocycles. The number of carboxylic acid groups (broad SMARTS) is 1. The van der Waals surface area contributed by atoms with E-state index in [2.05, 4.69) is 0 Å². The summed E-state index contributed by atoms with van der Waals surface area (Å²) in [6.07, 6.45) is -1.30. The van der Waals surface area contributed by atoms with Crippen LogP contribution in [0.2, 0.25) is 0 Å². The SMILES string of the molecule is CC(CC(O)CC(C)(O)[C@@H]1CC(=O)[C@]2(C)C3=C(C(=O)C[C@@]12C)[C@]1(C)CC[C@@H](O)C(C)(C)[C@H]1C[C@H]3O)C(=O)O. The van der Waals surface area contributed by atoms with Crippen LogP contribution >= 0.6 is 0 Å². The number of Topliss-reactive ketones (excluding diaryl/α,β-unsaturated/α-hetero) is 2. The van der Waals surface area contributed by atoms with E-state index in [9.17, 15) is 39.9 Å². The Morgan fingerprint density at radius 3 is 2.32 bits per heavy atom. The summed E-state index contributed by atoms with van der Waals surface area (Å²) >= 11 is 0. The number of fused-ring (bicyclic) bond motifs is 4. The van der Waals surface area contributed by atoms with E-state index in [1.54, 1.807) is 6.92 Å². The molecule has 4 aliphatic carbocycles. The molecule has 2 fully saturated rings. The maximum Gasteiger partial charge on any atom is 0.306 e. The number of allylic oxidation sites excluding steroid dienone is 1. The first-order valence-corrected chi connectivity index (χ1v) is 14.1. The Bertz CT molecular complexity index is 1070. The van der Waals surface area contributed by atoms with Gasteiger partial charge in [-0.1, -0.05) is 34.6 Å². The highest BCUT2D eigenvalue weighted by molar-refractivity contribution is 6.05. The maximum absolute atomic E-state index is 14.1. The number of aliphatic hydroxyl groups is 4. The quantitative estimate of drug-likeness (QED) is 0.349. The molecule has 38 heavy (non-hydrogen) atoms. The number of hydrogen-bond acceptors (Lipinski definition) is 7. The van der Waals surface area contributed by atoms with Gasteiger partial charge in [0.25, 0.3) is 0 Å². The van der Waals surface area contributed by atoms with Crippen LogP contribution < -0.4 is 0 Å². The van der Waals surface area contributed by atoms with Crippen molar-refractivity contribution in [2.75, 3.05) is 0 Å². The normalized spacial score (nSPS) is 43.6. The van der Waals surface area contributed by atoms with Gasteiger partial charge >= 0.3 is 5.97 Å². The average molecular weight is 535 g/mol. The van der Waals surface area contributed by atoms with Crippen LogP contribution in [-0.2, 0) is 14.4 Å². The summed E-state index contributed by atoms with van der Waals surface area (Å²) in [6.45, 7) is 12.7. The average Bonchev–Trinajstić information content (AvgIpc) is 2.99. The van der Waals surface area contributed by atoms with Crippen molar-refractivity contribution in [3.8, 4) is 0 Å². The summed E-state index contributed by atoms with van der Waals surface area (Å²) in [4.78, 5) is 39.3. The predicted molar refractivity (Wildman–Crippen MR) is 140 cm³/mol. The van der Waals surface area contributed by atoms with E-state index < -0.39 is 63.4 Å². The van der Waals surface area contributed by atoms with Crippen LogP contribution in [0, 0.1) is 39.4 Å². The lowest BCUT2D eigenvalue weighted by molar-refractivity contribution is -0.148. The van der Waals surface area contributed by atoms with Gasteiger partial charge < -0.3 is 25.5 Å². The lowest BCUT2D eigenvalue weighted by Crippen LogP contribution is -2.61. The third kappa shape index (κ3) is 3.88. The first-order valence-electron chi connectivity index (χ1n) is 14.1. The number of ketones is 2. The van der Waals surface area contributed by atoms with Crippen LogP contribution in [-0.4, -0.2) is 67.0 Å². The fraction of sp³-hybridized carbons (Fsp3) is 0.833. The van der Waals surface area contributed by atoms with Gasteiger partial charge in [-0.05, 0) is 67.3 Å². The first kappa shape index (κ1) is 29.4. The molecular formula is C30H46O8. The molecule has 0 amide bonds. The third-order valence-electron chi connectivity index (χ3n) is 11.7. The fourth-order valence-corrected chi connectivity index (χ4v) is 9.35. The summed E-state index contributed by atoms with van der Waals surface area (Å²) < 4.78 is 0. The molecule has 0 bridgehead atoms. The number of carbonyl (C=O) groups excluding carboxylic acids is 2. The van der Waals surface area contributed by atoms with Crippen molar-refractivity contribution < 1.29 is 39.9 Å². The monoisotopic (exact) mass is 534 g/mol. The minimum absolute atomic E-state index is 0.00232. The molecule has 214 valence electrons. The molecule has 2 saturated carbocycles. The molecule has 8 heteroatoms.